The maximum atomic E-state index is 14.7. The second-order valence-electron chi connectivity index (χ2n) is 12.9. The number of fused-ring (bicyclic) bond motifs is 2. The molecular weight excluding hydrogens is 570 g/mol. The van der Waals surface area contributed by atoms with Gasteiger partial charge in [-0.2, -0.15) is 0 Å². The molecule has 44 heavy (non-hydrogen) atoms. The average molecular weight is 614 g/mol. The van der Waals surface area contributed by atoms with Gasteiger partial charge in [0.2, 0.25) is 5.91 Å². The summed E-state index contributed by atoms with van der Waals surface area (Å²) >= 11 is 0. The quantitative estimate of drug-likeness (QED) is 0.307. The Morgan fingerprint density at radius 1 is 1.11 bits per heavy atom. The highest BCUT2D eigenvalue weighted by molar-refractivity contribution is 6.91. The monoisotopic (exact) mass is 613 g/mol. The van der Waals surface area contributed by atoms with E-state index >= 15 is 0 Å². The van der Waals surface area contributed by atoms with Gasteiger partial charge < -0.3 is 30.1 Å². The summed E-state index contributed by atoms with van der Waals surface area (Å²) in [4.78, 5) is 29.1. The third-order valence-electron chi connectivity index (χ3n) is 10.1. The normalized spacial score (nSPS) is 26.3. The minimum atomic E-state index is -2.22. The van der Waals surface area contributed by atoms with Crippen LogP contribution in [-0.4, -0.2) is 57.4 Å². The summed E-state index contributed by atoms with van der Waals surface area (Å²) in [5.41, 5.74) is 2.43. The van der Waals surface area contributed by atoms with Gasteiger partial charge in [-0.3, -0.25) is 9.59 Å². The second-order valence-corrected chi connectivity index (χ2v) is 17.6. The number of hydrogen-bond donors (Lipinski definition) is 3. The standard InChI is InChI=1S/C35H43N3O5Si/c1-23-32(44(3,4)27-17-15-26(42-2)16-18-27)31(19-21-39)43-35(23)28-8-5-6-10-30(28)38(34(35)41)22-24-11-13-25(14-12-24)37-33(40)29-9-7-20-36-29/h5-6,8,10-18,23,29,31-32,36,39H,7,9,19-22H2,1-4H3,(H,37,40)/t23-,29-,31+,32-,35+/m1/s1. The summed E-state index contributed by atoms with van der Waals surface area (Å²) in [5, 5.41) is 17.6. The summed E-state index contributed by atoms with van der Waals surface area (Å²) in [6.45, 7) is 8.10. The molecule has 0 radical (unpaired) electrons. The van der Waals surface area contributed by atoms with Crippen LogP contribution in [0.25, 0.3) is 0 Å². The minimum Gasteiger partial charge on any atom is -0.497 e. The van der Waals surface area contributed by atoms with E-state index in [1.807, 2.05) is 65.6 Å². The van der Waals surface area contributed by atoms with Crippen LogP contribution in [-0.2, 0) is 26.5 Å². The number of hydrogen-bond acceptors (Lipinski definition) is 6. The Labute approximate surface area is 260 Å². The topological polar surface area (TPSA) is 100 Å². The smallest absolute Gasteiger partial charge is 0.264 e. The second kappa shape index (κ2) is 12.1. The molecule has 0 aliphatic carbocycles. The van der Waals surface area contributed by atoms with Crippen molar-refractivity contribution in [3.05, 3.63) is 83.9 Å². The van der Waals surface area contributed by atoms with Crippen LogP contribution in [0.2, 0.25) is 18.6 Å². The molecule has 5 atom stereocenters. The van der Waals surface area contributed by atoms with E-state index in [0.717, 1.165) is 47.6 Å². The molecule has 3 N–H and O–H groups in total. The lowest BCUT2D eigenvalue weighted by Gasteiger charge is -2.37. The summed E-state index contributed by atoms with van der Waals surface area (Å²) in [5.74, 6) is 0.639. The number of methoxy groups -OCH3 is 1. The highest BCUT2D eigenvalue weighted by Gasteiger charge is 2.66. The molecule has 0 saturated carbocycles. The van der Waals surface area contributed by atoms with Crippen LogP contribution in [0.1, 0.15) is 37.3 Å². The molecule has 3 heterocycles. The molecule has 3 aromatic carbocycles. The number of aliphatic hydroxyl groups is 1. The fourth-order valence-corrected chi connectivity index (χ4v) is 11.9. The number of amides is 2. The average Bonchev–Trinajstić information content (AvgIpc) is 3.73. The molecule has 1 spiro atoms. The third kappa shape index (κ3) is 5.15. The van der Waals surface area contributed by atoms with E-state index in [1.54, 1.807) is 7.11 Å². The molecule has 2 fully saturated rings. The zero-order valence-electron chi connectivity index (χ0n) is 26.0. The molecule has 3 aromatic rings. The van der Waals surface area contributed by atoms with Gasteiger partial charge in [0.25, 0.3) is 5.91 Å². The van der Waals surface area contributed by atoms with Crippen molar-refractivity contribution in [2.24, 2.45) is 5.92 Å². The van der Waals surface area contributed by atoms with Crippen molar-refractivity contribution >= 4 is 36.4 Å². The van der Waals surface area contributed by atoms with Gasteiger partial charge in [0.05, 0.1) is 39.6 Å². The lowest BCUT2D eigenvalue weighted by atomic mass is 9.82. The predicted octanol–water partition coefficient (Wildman–Crippen LogP) is 4.53. The number of rotatable bonds is 9. The van der Waals surface area contributed by atoms with E-state index in [-0.39, 0.29) is 42.0 Å². The van der Waals surface area contributed by atoms with Crippen LogP contribution in [0.15, 0.2) is 72.8 Å². The lowest BCUT2D eigenvalue weighted by Crippen LogP contribution is -2.51. The van der Waals surface area contributed by atoms with E-state index in [4.69, 9.17) is 9.47 Å². The zero-order chi connectivity index (χ0) is 31.1. The maximum absolute atomic E-state index is 14.7. The number of carbonyl (C=O) groups excluding carboxylic acids is 2. The highest BCUT2D eigenvalue weighted by atomic mass is 28.3. The summed E-state index contributed by atoms with van der Waals surface area (Å²) in [6.07, 6.45) is 2.08. The van der Waals surface area contributed by atoms with Gasteiger partial charge in [0.1, 0.15) is 5.75 Å². The van der Waals surface area contributed by atoms with Gasteiger partial charge in [-0.15, -0.1) is 0 Å². The van der Waals surface area contributed by atoms with Crippen molar-refractivity contribution in [2.75, 3.05) is 30.5 Å². The van der Waals surface area contributed by atoms with Gasteiger partial charge in [-0.1, -0.05) is 67.7 Å². The van der Waals surface area contributed by atoms with Crippen molar-refractivity contribution in [2.45, 2.75) is 69.1 Å². The van der Waals surface area contributed by atoms with Crippen molar-refractivity contribution in [3.8, 4) is 5.75 Å². The molecule has 0 bridgehead atoms. The number of benzene rings is 3. The van der Waals surface area contributed by atoms with E-state index < -0.39 is 13.7 Å². The number of anilines is 2. The van der Waals surface area contributed by atoms with Gasteiger partial charge in [-0.25, -0.2) is 0 Å². The number of aliphatic hydroxyl groups excluding tert-OH is 1. The fraction of sp³-hybridized carbons (Fsp3) is 0.429. The van der Waals surface area contributed by atoms with Crippen LogP contribution in [0, 0.1) is 5.92 Å². The number of nitrogens with one attached hydrogen (secondary N) is 2. The first-order chi connectivity index (χ1) is 21.2. The molecule has 232 valence electrons. The minimum absolute atomic E-state index is 0.00366. The van der Waals surface area contributed by atoms with Crippen LogP contribution < -0.4 is 25.5 Å². The third-order valence-corrected chi connectivity index (χ3v) is 14.5. The molecule has 2 saturated heterocycles. The molecule has 6 rings (SSSR count). The Morgan fingerprint density at radius 3 is 2.50 bits per heavy atom. The maximum Gasteiger partial charge on any atom is 0.264 e. The lowest BCUT2D eigenvalue weighted by molar-refractivity contribution is -0.146. The first-order valence-electron chi connectivity index (χ1n) is 15.7. The molecule has 3 aliphatic rings. The molecule has 0 unspecified atom stereocenters. The van der Waals surface area contributed by atoms with E-state index in [2.05, 4.69) is 42.8 Å². The first-order valence-corrected chi connectivity index (χ1v) is 18.8. The van der Waals surface area contributed by atoms with Gasteiger partial charge in [-0.05, 0) is 67.2 Å². The van der Waals surface area contributed by atoms with Gasteiger partial charge >= 0.3 is 0 Å². The van der Waals surface area contributed by atoms with E-state index in [1.165, 1.54) is 5.19 Å². The Balaban J connectivity index is 1.29. The van der Waals surface area contributed by atoms with Gasteiger partial charge in [0.15, 0.2) is 5.60 Å². The summed E-state index contributed by atoms with van der Waals surface area (Å²) in [7, 11) is -0.549. The predicted molar refractivity (Wildman–Crippen MR) is 175 cm³/mol. The van der Waals surface area contributed by atoms with Crippen molar-refractivity contribution in [1.82, 2.24) is 5.32 Å². The molecule has 0 aromatic heterocycles. The van der Waals surface area contributed by atoms with Crippen molar-refractivity contribution in [1.29, 1.82) is 0 Å². The van der Waals surface area contributed by atoms with E-state index in [0.29, 0.717) is 13.0 Å². The van der Waals surface area contributed by atoms with Crippen LogP contribution in [0.5, 0.6) is 5.75 Å². The fourth-order valence-electron chi connectivity index (χ4n) is 7.84. The number of ether oxygens (including phenoxy) is 2. The Kier molecular flexibility index (Phi) is 8.41. The SMILES string of the molecule is COc1ccc([Si](C)(C)[C@H]2[C@H](CCO)O[C@@]3(C(=O)N(Cc4ccc(NC(=O)[C@H]5CCCN5)cc4)c4ccccc43)[C@@H]2C)cc1. The molecule has 3 aliphatic heterocycles. The molecule has 2 amide bonds. The first kappa shape index (κ1) is 30.5. The van der Waals surface area contributed by atoms with E-state index in [9.17, 15) is 14.7 Å². The zero-order valence-corrected chi connectivity index (χ0v) is 27.0. The summed E-state index contributed by atoms with van der Waals surface area (Å²) in [6, 6.07) is 23.8. The van der Waals surface area contributed by atoms with Crippen LogP contribution in [0.4, 0.5) is 11.4 Å². The van der Waals surface area contributed by atoms with Crippen LogP contribution >= 0.6 is 0 Å². The molecular formula is C35H43N3O5Si. The number of nitrogens with zero attached hydrogens (tertiary/aromatic N) is 1. The Hall–Kier alpha value is -3.50. The molecule has 8 nitrogen and oxygen atoms in total. The highest BCUT2D eigenvalue weighted by Crippen LogP contribution is 2.60. The van der Waals surface area contributed by atoms with Crippen molar-refractivity contribution in [3.63, 3.8) is 0 Å². The Morgan fingerprint density at radius 2 is 1.84 bits per heavy atom. The van der Waals surface area contributed by atoms with Crippen molar-refractivity contribution < 1.29 is 24.2 Å². The Bertz CT molecular complexity index is 1510. The van der Waals surface area contributed by atoms with Crippen LogP contribution in [0.3, 0.4) is 0 Å². The largest absolute Gasteiger partial charge is 0.497 e. The number of para-hydroxylation sites is 1. The summed E-state index contributed by atoms with van der Waals surface area (Å²) < 4.78 is 12.4. The number of carbonyl (C=O) groups is 2. The molecule has 9 heteroatoms. The van der Waals surface area contributed by atoms with Gasteiger partial charge in [0, 0.05) is 23.8 Å².